The Kier molecular flexibility index (Phi) is 5.88. The number of hydrogen-bond acceptors (Lipinski definition) is 3. The van der Waals surface area contributed by atoms with E-state index in [0.29, 0.717) is 6.07 Å². The third-order valence-corrected chi connectivity index (χ3v) is 2.76. The zero-order valence-electron chi connectivity index (χ0n) is 10.1. The predicted octanol–water partition coefficient (Wildman–Crippen LogP) is 3.01. The molecule has 0 aliphatic carbocycles. The highest BCUT2D eigenvalue weighted by molar-refractivity contribution is 9.10. The van der Waals surface area contributed by atoms with E-state index in [1.54, 1.807) is 6.92 Å². The van der Waals surface area contributed by atoms with E-state index < -0.39 is 23.5 Å². The zero-order valence-corrected chi connectivity index (χ0v) is 11.7. The lowest BCUT2D eigenvalue weighted by molar-refractivity contribution is -0.144. The number of carbonyl (C=O) groups excluding carboxylic acids is 2. The minimum atomic E-state index is -0.892. The highest BCUT2D eigenvalue weighted by atomic mass is 79.9. The largest absolute Gasteiger partial charge is 0.466 e. The summed E-state index contributed by atoms with van der Waals surface area (Å²) in [5.41, 5.74) is -0.157. The maximum absolute atomic E-state index is 13.4. The normalized spacial score (nSPS) is 10.1. The molecule has 104 valence electrons. The molecule has 0 saturated heterocycles. The number of rotatable bonds is 5. The molecule has 1 amide bonds. The lowest BCUT2D eigenvalue weighted by Crippen LogP contribution is -2.15. The number of halogens is 3. The van der Waals surface area contributed by atoms with Gasteiger partial charge in [0.2, 0.25) is 5.91 Å². The van der Waals surface area contributed by atoms with Crippen molar-refractivity contribution >= 4 is 33.5 Å². The Bertz CT molecular complexity index is 471. The predicted molar refractivity (Wildman–Crippen MR) is 68.6 cm³/mol. The molecule has 0 fully saturated rings. The maximum atomic E-state index is 13.4. The molecule has 0 radical (unpaired) electrons. The highest BCUT2D eigenvalue weighted by Gasteiger charge is 2.14. The van der Waals surface area contributed by atoms with Crippen LogP contribution in [0.15, 0.2) is 16.6 Å². The molecule has 1 aromatic rings. The number of esters is 1. The number of benzene rings is 1. The standard InChI is InChI=1S/C12H12BrF2NO3/c1-2-19-11(18)4-3-10(17)16-12-8(13)5-7(14)6-9(12)15/h5-6H,2-4H2,1H3,(H,16,17). The molecule has 1 rings (SSSR count). The Hall–Kier alpha value is -1.50. The summed E-state index contributed by atoms with van der Waals surface area (Å²) in [6, 6.07) is 1.69. The monoisotopic (exact) mass is 335 g/mol. The minimum absolute atomic E-state index is 0.0921. The molecule has 19 heavy (non-hydrogen) atoms. The summed E-state index contributed by atoms with van der Waals surface area (Å²) in [4.78, 5) is 22.6. The Morgan fingerprint density at radius 3 is 2.58 bits per heavy atom. The summed E-state index contributed by atoms with van der Waals surface area (Å²) in [6.07, 6.45) is -0.234. The summed E-state index contributed by atoms with van der Waals surface area (Å²) < 4.78 is 31.0. The first-order valence-corrected chi connectivity index (χ1v) is 6.33. The summed E-state index contributed by atoms with van der Waals surface area (Å²) in [7, 11) is 0. The summed E-state index contributed by atoms with van der Waals surface area (Å²) in [5.74, 6) is -2.71. The van der Waals surface area contributed by atoms with Gasteiger partial charge in [-0.1, -0.05) is 0 Å². The van der Waals surface area contributed by atoms with Gasteiger partial charge < -0.3 is 10.1 Å². The fourth-order valence-electron chi connectivity index (χ4n) is 1.31. The Labute approximate surface area is 117 Å². The molecule has 0 atom stereocenters. The van der Waals surface area contributed by atoms with E-state index in [0.717, 1.165) is 6.07 Å². The summed E-state index contributed by atoms with van der Waals surface area (Å²) in [6.45, 7) is 1.89. The van der Waals surface area contributed by atoms with Crippen LogP contribution in [0.4, 0.5) is 14.5 Å². The fraction of sp³-hybridized carbons (Fsp3) is 0.333. The van der Waals surface area contributed by atoms with Gasteiger partial charge in [-0.3, -0.25) is 9.59 Å². The molecule has 1 N–H and O–H groups in total. The first-order valence-electron chi connectivity index (χ1n) is 5.54. The van der Waals surface area contributed by atoms with Crippen molar-refractivity contribution in [2.24, 2.45) is 0 Å². The van der Waals surface area contributed by atoms with Gasteiger partial charge in [0.15, 0.2) is 5.82 Å². The van der Waals surface area contributed by atoms with Gasteiger partial charge in [-0.15, -0.1) is 0 Å². The molecule has 0 saturated carbocycles. The molecule has 0 spiro atoms. The van der Waals surface area contributed by atoms with Gasteiger partial charge >= 0.3 is 5.97 Å². The molecule has 0 aliphatic heterocycles. The van der Waals surface area contributed by atoms with Crippen LogP contribution in [-0.4, -0.2) is 18.5 Å². The molecule has 0 aliphatic rings. The number of carbonyl (C=O) groups is 2. The van der Waals surface area contributed by atoms with E-state index >= 15 is 0 Å². The average molecular weight is 336 g/mol. The van der Waals surface area contributed by atoms with Crippen molar-refractivity contribution in [2.45, 2.75) is 19.8 Å². The van der Waals surface area contributed by atoms with Gasteiger partial charge in [0.25, 0.3) is 0 Å². The third-order valence-electron chi connectivity index (χ3n) is 2.13. The maximum Gasteiger partial charge on any atom is 0.306 e. The quantitative estimate of drug-likeness (QED) is 0.841. The van der Waals surface area contributed by atoms with Crippen molar-refractivity contribution in [3.63, 3.8) is 0 Å². The van der Waals surface area contributed by atoms with Crippen molar-refractivity contribution in [2.75, 3.05) is 11.9 Å². The molecule has 1 aromatic carbocycles. The number of nitrogens with one attached hydrogen (secondary N) is 1. The van der Waals surface area contributed by atoms with Crippen molar-refractivity contribution in [1.29, 1.82) is 0 Å². The van der Waals surface area contributed by atoms with Gasteiger partial charge in [-0.05, 0) is 28.9 Å². The number of anilines is 1. The van der Waals surface area contributed by atoms with Crippen LogP contribution < -0.4 is 5.32 Å². The van der Waals surface area contributed by atoms with Crippen molar-refractivity contribution in [1.82, 2.24) is 0 Å². The number of ether oxygens (including phenoxy) is 1. The van der Waals surface area contributed by atoms with Gasteiger partial charge in [0.05, 0.1) is 18.7 Å². The Morgan fingerprint density at radius 2 is 2.00 bits per heavy atom. The fourth-order valence-corrected chi connectivity index (χ4v) is 1.82. The van der Waals surface area contributed by atoms with E-state index in [1.807, 2.05) is 0 Å². The second kappa shape index (κ2) is 7.18. The minimum Gasteiger partial charge on any atom is -0.466 e. The average Bonchev–Trinajstić information content (AvgIpc) is 2.31. The lowest BCUT2D eigenvalue weighted by Gasteiger charge is -2.08. The topological polar surface area (TPSA) is 55.4 Å². The molecule has 0 bridgehead atoms. The summed E-state index contributed by atoms with van der Waals surface area (Å²) in [5, 5.41) is 2.27. The van der Waals surface area contributed by atoms with Crippen LogP contribution in [0, 0.1) is 11.6 Å². The third kappa shape index (κ3) is 4.94. The zero-order chi connectivity index (χ0) is 14.4. The van der Waals surface area contributed by atoms with Crippen LogP contribution in [0.1, 0.15) is 19.8 Å². The van der Waals surface area contributed by atoms with Gasteiger partial charge in [0.1, 0.15) is 5.82 Å². The van der Waals surface area contributed by atoms with Crippen LogP contribution >= 0.6 is 15.9 Å². The van der Waals surface area contributed by atoms with Crippen LogP contribution in [0.25, 0.3) is 0 Å². The molecule has 0 unspecified atom stereocenters. The summed E-state index contributed by atoms with van der Waals surface area (Å²) >= 11 is 2.94. The first-order chi connectivity index (χ1) is 8.93. The van der Waals surface area contributed by atoms with E-state index in [4.69, 9.17) is 0 Å². The van der Waals surface area contributed by atoms with E-state index in [9.17, 15) is 18.4 Å². The van der Waals surface area contributed by atoms with Crippen LogP contribution in [0.3, 0.4) is 0 Å². The van der Waals surface area contributed by atoms with Crippen molar-refractivity contribution < 1.29 is 23.1 Å². The smallest absolute Gasteiger partial charge is 0.306 e. The first kappa shape index (κ1) is 15.6. The Morgan fingerprint density at radius 1 is 1.32 bits per heavy atom. The van der Waals surface area contributed by atoms with Gasteiger partial charge in [-0.25, -0.2) is 8.78 Å². The Balaban J connectivity index is 2.60. The van der Waals surface area contributed by atoms with Crippen LogP contribution in [0.5, 0.6) is 0 Å². The molecule has 4 nitrogen and oxygen atoms in total. The van der Waals surface area contributed by atoms with Crippen LogP contribution in [-0.2, 0) is 14.3 Å². The SMILES string of the molecule is CCOC(=O)CCC(=O)Nc1c(F)cc(F)cc1Br. The van der Waals surface area contributed by atoms with Crippen LogP contribution in [0.2, 0.25) is 0 Å². The number of amides is 1. The lowest BCUT2D eigenvalue weighted by atomic mass is 10.2. The second-order valence-corrected chi connectivity index (χ2v) is 4.45. The van der Waals surface area contributed by atoms with E-state index in [1.165, 1.54) is 0 Å². The molecule has 7 heteroatoms. The van der Waals surface area contributed by atoms with Crippen molar-refractivity contribution in [3.8, 4) is 0 Å². The highest BCUT2D eigenvalue weighted by Crippen LogP contribution is 2.26. The number of hydrogen-bond donors (Lipinski definition) is 1. The van der Waals surface area contributed by atoms with E-state index in [2.05, 4.69) is 26.0 Å². The van der Waals surface area contributed by atoms with E-state index in [-0.39, 0.29) is 29.6 Å². The molecule has 0 heterocycles. The molecular weight excluding hydrogens is 324 g/mol. The second-order valence-electron chi connectivity index (χ2n) is 3.60. The molecular formula is C12H12BrF2NO3. The molecule has 0 aromatic heterocycles. The van der Waals surface area contributed by atoms with Crippen molar-refractivity contribution in [3.05, 3.63) is 28.2 Å². The van der Waals surface area contributed by atoms with Gasteiger partial charge in [0, 0.05) is 17.0 Å². The van der Waals surface area contributed by atoms with Gasteiger partial charge in [-0.2, -0.15) is 0 Å².